The van der Waals surface area contributed by atoms with Crippen molar-refractivity contribution in [2.45, 2.75) is 51.0 Å². The van der Waals surface area contributed by atoms with Gasteiger partial charge in [-0.2, -0.15) is 0 Å². The van der Waals surface area contributed by atoms with E-state index in [4.69, 9.17) is 0 Å². The molecule has 22 heavy (non-hydrogen) atoms. The highest BCUT2D eigenvalue weighted by atomic mass is 32.1. The zero-order valence-corrected chi connectivity index (χ0v) is 14.0. The molecule has 4 aliphatic rings. The summed E-state index contributed by atoms with van der Waals surface area (Å²) in [6.07, 6.45) is 7.27. The van der Waals surface area contributed by atoms with Crippen molar-refractivity contribution in [1.29, 1.82) is 0 Å². The molecule has 4 bridgehead atoms. The minimum atomic E-state index is -0.966. The van der Waals surface area contributed by atoms with E-state index >= 15 is 0 Å². The highest BCUT2D eigenvalue weighted by Gasteiger charge is 2.54. The summed E-state index contributed by atoms with van der Waals surface area (Å²) in [5, 5.41) is 15.6. The van der Waals surface area contributed by atoms with Crippen molar-refractivity contribution in [3.63, 3.8) is 0 Å². The van der Waals surface area contributed by atoms with Gasteiger partial charge < -0.3 is 10.4 Å². The first-order valence-electron chi connectivity index (χ1n) is 8.51. The molecular formula is C18H25NO2S. The van der Waals surface area contributed by atoms with Crippen LogP contribution < -0.4 is 5.32 Å². The lowest BCUT2D eigenvalue weighted by atomic mass is 9.49. The summed E-state index contributed by atoms with van der Waals surface area (Å²) in [6, 6.07) is 3.87. The average Bonchev–Trinajstić information content (AvgIpc) is 2.98. The fraction of sp³-hybridized carbons (Fsp3) is 0.722. The molecule has 2 N–H and O–H groups in total. The van der Waals surface area contributed by atoms with Crippen LogP contribution in [-0.4, -0.2) is 17.6 Å². The summed E-state index contributed by atoms with van der Waals surface area (Å²) < 4.78 is 0. The van der Waals surface area contributed by atoms with Crippen LogP contribution in [0.3, 0.4) is 0 Å². The number of carbonyl (C=O) groups excluding carboxylic acids is 1. The highest BCUT2D eigenvalue weighted by Crippen LogP contribution is 2.60. The molecule has 1 unspecified atom stereocenters. The van der Waals surface area contributed by atoms with Gasteiger partial charge in [0.05, 0.1) is 6.54 Å². The van der Waals surface area contributed by atoms with Crippen molar-refractivity contribution in [2.75, 3.05) is 6.54 Å². The summed E-state index contributed by atoms with van der Waals surface area (Å²) in [6.45, 7) is 2.10. The quantitative estimate of drug-likeness (QED) is 0.895. The first-order chi connectivity index (χ1) is 10.5. The lowest BCUT2D eigenvalue weighted by Gasteiger charge is -2.55. The van der Waals surface area contributed by atoms with Crippen LogP contribution >= 0.6 is 11.3 Å². The SMILES string of the molecule is CC(O)(CNC(=O)C12CC3CC(CC(C3)C1)C2)c1cccs1. The van der Waals surface area contributed by atoms with Crippen molar-refractivity contribution in [2.24, 2.45) is 23.2 Å². The molecule has 0 spiro atoms. The molecule has 4 aliphatic carbocycles. The van der Waals surface area contributed by atoms with Gasteiger partial charge in [0.15, 0.2) is 0 Å². The normalized spacial score (nSPS) is 38.7. The molecule has 4 heteroatoms. The lowest BCUT2D eigenvalue weighted by molar-refractivity contribution is -0.147. The van der Waals surface area contributed by atoms with Gasteiger partial charge in [-0.25, -0.2) is 0 Å². The van der Waals surface area contributed by atoms with Crippen LogP contribution in [0.2, 0.25) is 0 Å². The lowest BCUT2D eigenvalue weighted by Crippen LogP contribution is -2.55. The molecule has 1 aromatic rings. The number of thiophene rings is 1. The van der Waals surface area contributed by atoms with E-state index in [0.29, 0.717) is 6.54 Å². The summed E-state index contributed by atoms with van der Waals surface area (Å²) >= 11 is 1.54. The van der Waals surface area contributed by atoms with Crippen LogP contribution in [0.25, 0.3) is 0 Å². The maximum atomic E-state index is 12.9. The fourth-order valence-electron chi connectivity index (χ4n) is 5.50. The Hall–Kier alpha value is -0.870. The predicted octanol–water partition coefficient (Wildman–Crippen LogP) is 3.29. The molecule has 5 rings (SSSR count). The van der Waals surface area contributed by atoms with Crippen molar-refractivity contribution >= 4 is 17.2 Å². The number of rotatable bonds is 4. The van der Waals surface area contributed by atoms with Crippen molar-refractivity contribution in [3.05, 3.63) is 22.4 Å². The molecule has 1 heterocycles. The molecule has 1 amide bonds. The van der Waals surface area contributed by atoms with Crippen LogP contribution in [0.4, 0.5) is 0 Å². The Morgan fingerprint density at radius 2 is 1.91 bits per heavy atom. The topological polar surface area (TPSA) is 49.3 Å². The third-order valence-electron chi connectivity index (χ3n) is 6.17. The van der Waals surface area contributed by atoms with Crippen LogP contribution in [-0.2, 0) is 10.4 Å². The van der Waals surface area contributed by atoms with Gasteiger partial charge in [-0.15, -0.1) is 11.3 Å². The fourth-order valence-corrected chi connectivity index (χ4v) is 6.29. The second kappa shape index (κ2) is 5.07. The van der Waals surface area contributed by atoms with Gasteiger partial charge >= 0.3 is 0 Å². The second-order valence-corrected chi connectivity index (χ2v) is 9.08. The van der Waals surface area contributed by atoms with Crippen LogP contribution in [0.1, 0.15) is 50.3 Å². The third kappa shape index (κ3) is 2.41. The molecule has 3 nitrogen and oxygen atoms in total. The van der Waals surface area contributed by atoms with Crippen LogP contribution in [0.15, 0.2) is 17.5 Å². The first kappa shape index (κ1) is 14.7. The van der Waals surface area contributed by atoms with Crippen molar-refractivity contribution in [1.82, 2.24) is 5.32 Å². The monoisotopic (exact) mass is 319 g/mol. The number of carbonyl (C=O) groups is 1. The van der Waals surface area contributed by atoms with Gasteiger partial charge in [0.2, 0.25) is 5.91 Å². The summed E-state index contributed by atoms with van der Waals surface area (Å²) in [5.74, 6) is 2.52. The van der Waals surface area contributed by atoms with Crippen LogP contribution in [0.5, 0.6) is 0 Å². The van der Waals surface area contributed by atoms with E-state index in [2.05, 4.69) is 5.32 Å². The molecule has 4 saturated carbocycles. The molecule has 0 saturated heterocycles. The number of hydrogen-bond acceptors (Lipinski definition) is 3. The molecule has 4 fully saturated rings. The van der Waals surface area contributed by atoms with E-state index in [0.717, 1.165) is 41.9 Å². The zero-order valence-electron chi connectivity index (χ0n) is 13.2. The Kier molecular flexibility index (Phi) is 3.39. The predicted molar refractivity (Wildman–Crippen MR) is 87.5 cm³/mol. The molecule has 120 valence electrons. The van der Waals surface area contributed by atoms with Gasteiger partial charge in [-0.1, -0.05) is 6.07 Å². The van der Waals surface area contributed by atoms with E-state index in [9.17, 15) is 9.90 Å². The zero-order chi connectivity index (χ0) is 15.4. The second-order valence-electron chi connectivity index (χ2n) is 8.13. The average molecular weight is 319 g/mol. The Morgan fingerprint density at radius 3 is 2.41 bits per heavy atom. The van der Waals surface area contributed by atoms with Crippen LogP contribution in [0, 0.1) is 23.2 Å². The minimum Gasteiger partial charge on any atom is -0.383 e. The number of nitrogens with one attached hydrogen (secondary N) is 1. The highest BCUT2D eigenvalue weighted by molar-refractivity contribution is 7.10. The molecule has 1 aromatic heterocycles. The molecule has 0 aliphatic heterocycles. The number of aliphatic hydroxyl groups is 1. The van der Waals surface area contributed by atoms with Crippen molar-refractivity contribution in [3.8, 4) is 0 Å². The molecular weight excluding hydrogens is 294 g/mol. The van der Waals surface area contributed by atoms with E-state index in [-0.39, 0.29) is 11.3 Å². The van der Waals surface area contributed by atoms with Gasteiger partial charge in [0.1, 0.15) is 5.60 Å². The van der Waals surface area contributed by atoms with E-state index in [1.807, 2.05) is 17.5 Å². The Morgan fingerprint density at radius 1 is 1.32 bits per heavy atom. The smallest absolute Gasteiger partial charge is 0.226 e. The maximum Gasteiger partial charge on any atom is 0.226 e. The van der Waals surface area contributed by atoms with E-state index in [1.54, 1.807) is 6.92 Å². The molecule has 0 aromatic carbocycles. The number of hydrogen-bond donors (Lipinski definition) is 2. The Bertz CT molecular complexity index is 528. The summed E-state index contributed by atoms with van der Waals surface area (Å²) in [5.41, 5.74) is -1.09. The summed E-state index contributed by atoms with van der Waals surface area (Å²) in [4.78, 5) is 13.8. The van der Waals surface area contributed by atoms with Gasteiger partial charge in [0, 0.05) is 10.3 Å². The largest absolute Gasteiger partial charge is 0.383 e. The standard InChI is InChI=1S/C18H25NO2S/c1-17(21,15-3-2-4-22-15)11-19-16(20)18-8-12-5-13(9-18)7-14(6-12)10-18/h2-4,12-14,21H,5-11H2,1H3,(H,19,20). The van der Waals surface area contributed by atoms with Gasteiger partial charge in [-0.05, 0) is 74.6 Å². The van der Waals surface area contributed by atoms with E-state index < -0.39 is 5.60 Å². The number of amides is 1. The minimum absolute atomic E-state index is 0.125. The molecule has 1 atom stereocenters. The van der Waals surface area contributed by atoms with Crippen molar-refractivity contribution < 1.29 is 9.90 Å². The van der Waals surface area contributed by atoms with Gasteiger partial charge in [0.25, 0.3) is 0 Å². The van der Waals surface area contributed by atoms with E-state index in [1.165, 1.54) is 30.6 Å². The summed E-state index contributed by atoms with van der Waals surface area (Å²) in [7, 11) is 0. The first-order valence-corrected chi connectivity index (χ1v) is 9.39. The van der Waals surface area contributed by atoms with Gasteiger partial charge in [-0.3, -0.25) is 4.79 Å². The third-order valence-corrected chi connectivity index (χ3v) is 7.29. The Balaban J connectivity index is 1.44. The molecule has 0 radical (unpaired) electrons. The maximum absolute atomic E-state index is 12.9. The Labute approximate surface area is 136 Å².